The van der Waals surface area contributed by atoms with E-state index in [1.54, 1.807) is 0 Å². The zero-order valence-electron chi connectivity index (χ0n) is 11.0. The van der Waals surface area contributed by atoms with Gasteiger partial charge in [-0.2, -0.15) is 0 Å². The molecule has 2 aliphatic rings. The molecule has 0 N–H and O–H groups in total. The van der Waals surface area contributed by atoms with Gasteiger partial charge < -0.3 is 4.57 Å². The molecule has 0 radical (unpaired) electrons. The van der Waals surface area contributed by atoms with Crippen LogP contribution in [0.1, 0.15) is 24.8 Å². The van der Waals surface area contributed by atoms with Crippen LogP contribution < -0.4 is 0 Å². The minimum Gasteiger partial charge on any atom is -0.351 e. The number of rotatable bonds is 2. The first-order valence-corrected chi connectivity index (χ1v) is 7.07. The largest absolute Gasteiger partial charge is 0.351 e. The normalized spacial score (nSPS) is 27.4. The van der Waals surface area contributed by atoms with Crippen LogP contribution in [0.15, 0.2) is 30.5 Å². The number of piperidine rings is 1. The Balaban J connectivity index is 1.59. The van der Waals surface area contributed by atoms with Gasteiger partial charge in [-0.3, -0.25) is 4.90 Å². The molecule has 1 saturated carbocycles. The lowest BCUT2D eigenvalue weighted by Gasteiger charge is -2.26. The van der Waals surface area contributed by atoms with Crippen molar-refractivity contribution < 1.29 is 0 Å². The van der Waals surface area contributed by atoms with Gasteiger partial charge in [-0.1, -0.05) is 6.07 Å². The fraction of sp³-hybridized carbons (Fsp3) is 0.500. The quantitative estimate of drug-likeness (QED) is 0.783. The third kappa shape index (κ3) is 1.59. The van der Waals surface area contributed by atoms with Crippen molar-refractivity contribution in [1.29, 1.82) is 0 Å². The third-order valence-corrected chi connectivity index (χ3v) is 4.86. The maximum atomic E-state index is 2.69. The smallest absolute Gasteiger partial charge is 0.0477 e. The number of hydrogen-bond acceptors (Lipinski definition) is 1. The lowest BCUT2D eigenvalue weighted by Crippen LogP contribution is -2.31. The Kier molecular flexibility index (Phi) is 2.28. The van der Waals surface area contributed by atoms with Gasteiger partial charge in [0, 0.05) is 37.9 Å². The molecule has 0 amide bonds. The van der Waals surface area contributed by atoms with Gasteiger partial charge in [0.1, 0.15) is 0 Å². The highest BCUT2D eigenvalue weighted by Gasteiger charge is 2.37. The Labute approximate surface area is 108 Å². The van der Waals surface area contributed by atoms with E-state index < -0.39 is 0 Å². The van der Waals surface area contributed by atoms with Gasteiger partial charge >= 0.3 is 0 Å². The number of aromatic nitrogens is 1. The summed E-state index contributed by atoms with van der Waals surface area (Å²) in [4.78, 5) is 2.69. The zero-order chi connectivity index (χ0) is 12.1. The minimum absolute atomic E-state index is 0.876. The molecule has 1 aromatic carbocycles. The molecule has 94 valence electrons. The molecule has 0 unspecified atom stereocenters. The standard InChI is InChI=1S/C16H20N2/c1-17-7-6-14-8-12(3-5-16(14)17)10-18-11-13-2-4-15(18)9-13/h3,5-8,13,15H,2,4,9-11H2,1H3/t13-,15-/m0/s1. The van der Waals surface area contributed by atoms with Crippen LogP contribution in [-0.4, -0.2) is 22.1 Å². The number of fused-ring (bicyclic) bond motifs is 3. The number of benzene rings is 1. The van der Waals surface area contributed by atoms with E-state index in [4.69, 9.17) is 0 Å². The number of likely N-dealkylation sites (tertiary alicyclic amines) is 1. The van der Waals surface area contributed by atoms with Crippen LogP contribution in [0, 0.1) is 5.92 Å². The van der Waals surface area contributed by atoms with Crippen molar-refractivity contribution in [2.45, 2.75) is 31.8 Å². The molecule has 2 atom stereocenters. The van der Waals surface area contributed by atoms with Gasteiger partial charge in [0.2, 0.25) is 0 Å². The van der Waals surface area contributed by atoms with Crippen LogP contribution >= 0.6 is 0 Å². The summed E-state index contributed by atoms with van der Waals surface area (Å²) in [5, 5.41) is 1.37. The summed E-state index contributed by atoms with van der Waals surface area (Å²) in [7, 11) is 2.11. The Morgan fingerprint density at radius 2 is 2.17 bits per heavy atom. The van der Waals surface area contributed by atoms with Crippen molar-refractivity contribution in [2.75, 3.05) is 6.54 Å². The van der Waals surface area contributed by atoms with Gasteiger partial charge in [-0.15, -0.1) is 0 Å². The van der Waals surface area contributed by atoms with Gasteiger partial charge in [0.25, 0.3) is 0 Å². The fourth-order valence-electron chi connectivity index (χ4n) is 3.88. The molecule has 2 bridgehead atoms. The van der Waals surface area contributed by atoms with Crippen LogP contribution in [0.4, 0.5) is 0 Å². The Bertz CT molecular complexity index is 584. The molecule has 4 rings (SSSR count). The second kappa shape index (κ2) is 3.86. The van der Waals surface area contributed by atoms with E-state index in [-0.39, 0.29) is 0 Å². The first-order chi connectivity index (χ1) is 8.79. The van der Waals surface area contributed by atoms with E-state index in [0.29, 0.717) is 0 Å². The van der Waals surface area contributed by atoms with E-state index in [1.807, 2.05) is 0 Å². The average Bonchev–Trinajstić information content (AvgIpc) is 3.06. The van der Waals surface area contributed by atoms with Crippen LogP contribution in [0.5, 0.6) is 0 Å². The van der Waals surface area contributed by atoms with Crippen LogP contribution in [-0.2, 0) is 13.6 Å². The highest BCUT2D eigenvalue weighted by atomic mass is 15.2. The summed E-state index contributed by atoms with van der Waals surface area (Å²) in [6.45, 7) is 2.48. The van der Waals surface area contributed by atoms with Crippen molar-refractivity contribution >= 4 is 10.9 Å². The van der Waals surface area contributed by atoms with Crippen molar-refractivity contribution in [3.05, 3.63) is 36.0 Å². The lowest BCUT2D eigenvalue weighted by molar-refractivity contribution is 0.205. The molecule has 1 aromatic heterocycles. The molecule has 1 aliphatic carbocycles. The first kappa shape index (κ1) is 10.6. The monoisotopic (exact) mass is 240 g/mol. The Morgan fingerprint density at radius 3 is 2.94 bits per heavy atom. The molecule has 2 heteroatoms. The topological polar surface area (TPSA) is 8.17 Å². The van der Waals surface area contributed by atoms with Crippen molar-refractivity contribution in [3.63, 3.8) is 0 Å². The van der Waals surface area contributed by atoms with E-state index in [2.05, 4.69) is 47.0 Å². The fourth-order valence-corrected chi connectivity index (χ4v) is 3.88. The molecule has 2 fully saturated rings. The summed E-state index contributed by atoms with van der Waals surface area (Å²) in [5.41, 5.74) is 2.81. The van der Waals surface area contributed by atoms with Gasteiger partial charge in [-0.05, 0) is 54.3 Å². The summed E-state index contributed by atoms with van der Waals surface area (Å²) >= 11 is 0. The molecule has 2 nitrogen and oxygen atoms in total. The summed E-state index contributed by atoms with van der Waals surface area (Å²) in [6, 6.07) is 10.0. The first-order valence-electron chi connectivity index (χ1n) is 7.07. The van der Waals surface area contributed by atoms with Crippen molar-refractivity contribution in [1.82, 2.24) is 9.47 Å². The highest BCUT2D eigenvalue weighted by molar-refractivity contribution is 5.80. The summed E-state index contributed by atoms with van der Waals surface area (Å²) in [6.07, 6.45) is 6.50. The molecule has 1 saturated heterocycles. The minimum atomic E-state index is 0.876. The molecule has 1 aliphatic heterocycles. The van der Waals surface area contributed by atoms with Crippen LogP contribution in [0.25, 0.3) is 10.9 Å². The van der Waals surface area contributed by atoms with E-state index in [9.17, 15) is 0 Å². The molecule has 18 heavy (non-hydrogen) atoms. The predicted octanol–water partition coefficient (Wildman–Crippen LogP) is 3.16. The lowest BCUT2D eigenvalue weighted by atomic mass is 10.1. The van der Waals surface area contributed by atoms with Crippen LogP contribution in [0.2, 0.25) is 0 Å². The Morgan fingerprint density at radius 1 is 1.22 bits per heavy atom. The van der Waals surface area contributed by atoms with E-state index >= 15 is 0 Å². The Hall–Kier alpha value is -1.28. The summed E-state index contributed by atoms with van der Waals surface area (Å²) < 4.78 is 2.19. The highest BCUT2D eigenvalue weighted by Crippen LogP contribution is 2.38. The van der Waals surface area contributed by atoms with Crippen LogP contribution in [0.3, 0.4) is 0 Å². The number of nitrogens with zero attached hydrogens (tertiary/aromatic N) is 2. The van der Waals surface area contributed by atoms with E-state index in [1.165, 1.54) is 42.3 Å². The molecule has 2 heterocycles. The predicted molar refractivity (Wildman–Crippen MR) is 74.5 cm³/mol. The second-order valence-corrected chi connectivity index (χ2v) is 6.08. The third-order valence-electron chi connectivity index (χ3n) is 4.86. The van der Waals surface area contributed by atoms with Crippen molar-refractivity contribution in [3.8, 4) is 0 Å². The molecular weight excluding hydrogens is 220 g/mol. The number of aryl methyl sites for hydroxylation is 1. The SMILES string of the molecule is Cn1ccc2cc(CN3C[C@H]4CC[C@H]3C4)ccc21. The maximum absolute atomic E-state index is 2.69. The van der Waals surface area contributed by atoms with Crippen molar-refractivity contribution in [2.24, 2.45) is 13.0 Å². The summed E-state index contributed by atoms with van der Waals surface area (Å²) in [5.74, 6) is 0.996. The average molecular weight is 240 g/mol. The molecule has 0 spiro atoms. The number of hydrogen-bond donors (Lipinski definition) is 0. The maximum Gasteiger partial charge on any atom is 0.0477 e. The zero-order valence-corrected chi connectivity index (χ0v) is 11.0. The molecule has 2 aromatic rings. The molecular formula is C16H20N2. The van der Waals surface area contributed by atoms with Gasteiger partial charge in [0.05, 0.1) is 0 Å². The van der Waals surface area contributed by atoms with Gasteiger partial charge in [-0.25, -0.2) is 0 Å². The van der Waals surface area contributed by atoms with E-state index in [0.717, 1.165) is 18.5 Å². The van der Waals surface area contributed by atoms with Gasteiger partial charge in [0.15, 0.2) is 0 Å². The second-order valence-electron chi connectivity index (χ2n) is 6.08.